The molecule has 0 spiro atoms. The number of nitrogens with one attached hydrogen (secondary N) is 1. The fraction of sp³-hybridized carbons (Fsp3) is 0.316. The van der Waals surface area contributed by atoms with Crippen molar-refractivity contribution in [1.82, 2.24) is 0 Å². The number of halogens is 2. The van der Waals surface area contributed by atoms with Gasteiger partial charge in [-0.1, -0.05) is 6.07 Å². The van der Waals surface area contributed by atoms with Crippen LogP contribution < -0.4 is 20.7 Å². The van der Waals surface area contributed by atoms with Crippen molar-refractivity contribution in [2.45, 2.75) is 6.42 Å². The first-order chi connectivity index (χ1) is 12.5. The van der Waals surface area contributed by atoms with E-state index >= 15 is 0 Å². The SMILES string of the molecule is COc1cccc(NC(N)=NCC2CCN(c3ccc(F)c(F)c3)C2)c1. The smallest absolute Gasteiger partial charge is 0.193 e. The van der Waals surface area contributed by atoms with Gasteiger partial charge in [0.2, 0.25) is 0 Å². The summed E-state index contributed by atoms with van der Waals surface area (Å²) >= 11 is 0. The fourth-order valence-corrected chi connectivity index (χ4v) is 3.01. The average Bonchev–Trinajstić information content (AvgIpc) is 3.11. The monoisotopic (exact) mass is 360 g/mol. The van der Waals surface area contributed by atoms with Gasteiger partial charge in [0, 0.05) is 43.1 Å². The van der Waals surface area contributed by atoms with Crippen LogP contribution in [0.3, 0.4) is 0 Å². The van der Waals surface area contributed by atoms with Crippen molar-refractivity contribution in [3.63, 3.8) is 0 Å². The molecule has 1 saturated heterocycles. The number of aliphatic imine (C=N–C) groups is 1. The molecule has 1 atom stereocenters. The van der Waals surface area contributed by atoms with E-state index < -0.39 is 11.6 Å². The first kappa shape index (κ1) is 18.0. The molecule has 138 valence electrons. The highest BCUT2D eigenvalue weighted by atomic mass is 19.2. The number of methoxy groups -OCH3 is 1. The van der Waals surface area contributed by atoms with Gasteiger partial charge in [0.1, 0.15) is 5.75 Å². The second kappa shape index (κ2) is 8.03. The number of nitrogens with zero attached hydrogens (tertiary/aromatic N) is 2. The molecule has 1 heterocycles. The quantitative estimate of drug-likeness (QED) is 0.635. The summed E-state index contributed by atoms with van der Waals surface area (Å²) in [7, 11) is 1.61. The molecule has 0 bridgehead atoms. The average molecular weight is 360 g/mol. The molecule has 1 aliphatic heterocycles. The van der Waals surface area contributed by atoms with E-state index in [4.69, 9.17) is 10.5 Å². The summed E-state index contributed by atoms with van der Waals surface area (Å²) in [4.78, 5) is 6.43. The number of anilines is 2. The van der Waals surface area contributed by atoms with Gasteiger partial charge in [-0.3, -0.25) is 4.99 Å². The number of hydrogen-bond acceptors (Lipinski definition) is 3. The molecule has 5 nitrogen and oxygen atoms in total. The summed E-state index contributed by atoms with van der Waals surface area (Å²) in [5.41, 5.74) is 7.45. The molecule has 0 aromatic heterocycles. The van der Waals surface area contributed by atoms with Gasteiger partial charge < -0.3 is 20.7 Å². The van der Waals surface area contributed by atoms with Crippen LogP contribution >= 0.6 is 0 Å². The summed E-state index contributed by atoms with van der Waals surface area (Å²) in [6, 6.07) is 11.4. The summed E-state index contributed by atoms with van der Waals surface area (Å²) in [6.45, 7) is 2.10. The van der Waals surface area contributed by atoms with Crippen LogP contribution in [0.2, 0.25) is 0 Å². The Morgan fingerprint density at radius 2 is 2.12 bits per heavy atom. The van der Waals surface area contributed by atoms with Crippen LogP contribution in [0, 0.1) is 17.6 Å². The molecule has 3 N–H and O–H groups in total. The highest BCUT2D eigenvalue weighted by molar-refractivity contribution is 5.92. The number of nitrogens with two attached hydrogens (primary N) is 1. The van der Waals surface area contributed by atoms with Gasteiger partial charge >= 0.3 is 0 Å². The van der Waals surface area contributed by atoms with Gasteiger partial charge in [-0.15, -0.1) is 0 Å². The van der Waals surface area contributed by atoms with E-state index in [0.29, 0.717) is 24.1 Å². The Morgan fingerprint density at radius 1 is 1.27 bits per heavy atom. The maximum Gasteiger partial charge on any atom is 0.193 e. The lowest BCUT2D eigenvalue weighted by Crippen LogP contribution is -2.25. The molecule has 26 heavy (non-hydrogen) atoms. The van der Waals surface area contributed by atoms with Crippen molar-refractivity contribution in [2.75, 3.05) is 37.0 Å². The van der Waals surface area contributed by atoms with E-state index in [-0.39, 0.29) is 0 Å². The second-order valence-corrected chi connectivity index (χ2v) is 6.28. The molecule has 1 unspecified atom stereocenters. The number of benzene rings is 2. The van der Waals surface area contributed by atoms with Crippen LogP contribution in [0.25, 0.3) is 0 Å². The third kappa shape index (κ3) is 4.41. The zero-order valence-electron chi connectivity index (χ0n) is 14.6. The Balaban J connectivity index is 1.54. The zero-order chi connectivity index (χ0) is 18.5. The number of rotatable bonds is 5. The summed E-state index contributed by atoms with van der Waals surface area (Å²) in [5, 5.41) is 3.04. The lowest BCUT2D eigenvalue weighted by atomic mass is 10.1. The van der Waals surface area contributed by atoms with Crippen molar-refractivity contribution in [1.29, 1.82) is 0 Å². The molecular formula is C19H22F2N4O. The van der Waals surface area contributed by atoms with Crippen LogP contribution in [-0.2, 0) is 0 Å². The molecule has 0 aliphatic carbocycles. The molecule has 0 amide bonds. The molecule has 0 saturated carbocycles. The maximum absolute atomic E-state index is 13.4. The second-order valence-electron chi connectivity index (χ2n) is 6.28. The lowest BCUT2D eigenvalue weighted by Gasteiger charge is -2.18. The number of ether oxygens (including phenoxy) is 1. The molecule has 7 heteroatoms. The van der Waals surface area contributed by atoms with E-state index in [9.17, 15) is 8.78 Å². The molecule has 2 aromatic carbocycles. The Kier molecular flexibility index (Phi) is 5.55. The fourth-order valence-electron chi connectivity index (χ4n) is 3.01. The summed E-state index contributed by atoms with van der Waals surface area (Å²) < 4.78 is 31.6. The zero-order valence-corrected chi connectivity index (χ0v) is 14.6. The van der Waals surface area contributed by atoms with E-state index in [1.54, 1.807) is 13.2 Å². The van der Waals surface area contributed by atoms with Crippen LogP contribution in [0.4, 0.5) is 20.2 Å². The first-order valence-electron chi connectivity index (χ1n) is 8.46. The van der Waals surface area contributed by atoms with Crippen LogP contribution in [0.15, 0.2) is 47.5 Å². The third-order valence-electron chi connectivity index (χ3n) is 4.42. The lowest BCUT2D eigenvalue weighted by molar-refractivity contribution is 0.415. The molecule has 2 aromatic rings. The Labute approximate surface area is 151 Å². The van der Waals surface area contributed by atoms with Crippen molar-refractivity contribution < 1.29 is 13.5 Å². The van der Waals surface area contributed by atoms with E-state index in [0.717, 1.165) is 37.0 Å². The Bertz CT molecular complexity index is 797. The van der Waals surface area contributed by atoms with Gasteiger partial charge in [-0.2, -0.15) is 0 Å². The van der Waals surface area contributed by atoms with Gasteiger partial charge in [0.15, 0.2) is 17.6 Å². The normalized spacial score (nSPS) is 17.4. The predicted molar refractivity (Wildman–Crippen MR) is 99.8 cm³/mol. The predicted octanol–water partition coefficient (Wildman–Crippen LogP) is 3.23. The minimum Gasteiger partial charge on any atom is -0.497 e. The van der Waals surface area contributed by atoms with Crippen molar-refractivity contribution in [3.05, 3.63) is 54.1 Å². The van der Waals surface area contributed by atoms with Gasteiger partial charge in [-0.05, 0) is 36.6 Å². The van der Waals surface area contributed by atoms with Crippen LogP contribution in [-0.4, -0.2) is 32.7 Å². The third-order valence-corrected chi connectivity index (χ3v) is 4.42. The number of guanidine groups is 1. The van der Waals surface area contributed by atoms with Gasteiger partial charge in [0.25, 0.3) is 0 Å². The van der Waals surface area contributed by atoms with E-state index in [1.807, 2.05) is 29.2 Å². The first-order valence-corrected chi connectivity index (χ1v) is 8.46. The topological polar surface area (TPSA) is 62.9 Å². The summed E-state index contributed by atoms with van der Waals surface area (Å²) in [6.07, 6.45) is 0.926. The maximum atomic E-state index is 13.4. The Hall–Kier alpha value is -2.83. The highest BCUT2D eigenvalue weighted by Gasteiger charge is 2.23. The molecule has 1 fully saturated rings. The molecule has 3 rings (SSSR count). The van der Waals surface area contributed by atoms with Crippen LogP contribution in [0.1, 0.15) is 6.42 Å². The largest absolute Gasteiger partial charge is 0.497 e. The van der Waals surface area contributed by atoms with Crippen molar-refractivity contribution >= 4 is 17.3 Å². The molecule has 0 radical (unpaired) electrons. The van der Waals surface area contributed by atoms with Crippen molar-refractivity contribution in [3.8, 4) is 5.75 Å². The highest BCUT2D eigenvalue weighted by Crippen LogP contribution is 2.25. The van der Waals surface area contributed by atoms with Gasteiger partial charge in [-0.25, -0.2) is 8.78 Å². The Morgan fingerprint density at radius 3 is 2.88 bits per heavy atom. The number of hydrogen-bond donors (Lipinski definition) is 2. The molecule has 1 aliphatic rings. The molecular weight excluding hydrogens is 338 g/mol. The minimum absolute atomic E-state index is 0.314. The van der Waals surface area contributed by atoms with E-state index in [2.05, 4.69) is 10.3 Å². The van der Waals surface area contributed by atoms with Gasteiger partial charge in [0.05, 0.1) is 7.11 Å². The standard InChI is InChI=1S/C19H22F2N4O/c1-26-16-4-2-3-14(9-16)24-19(22)23-11-13-7-8-25(12-13)15-5-6-17(20)18(21)10-15/h2-6,9-10,13H,7-8,11-12H2,1H3,(H3,22,23,24). The minimum atomic E-state index is -0.828. The summed E-state index contributed by atoms with van der Waals surface area (Å²) in [5.74, 6) is -0.264. The van der Waals surface area contributed by atoms with E-state index in [1.165, 1.54) is 6.07 Å². The van der Waals surface area contributed by atoms with Crippen LogP contribution in [0.5, 0.6) is 5.75 Å². The van der Waals surface area contributed by atoms with Crippen molar-refractivity contribution in [2.24, 2.45) is 16.6 Å².